The molecule has 3 rings (SSSR count). The lowest BCUT2D eigenvalue weighted by atomic mass is 9.96. The molecule has 1 aromatic heterocycles. The standard InChI is InChI=1S/C23H25FN2O5/c1-14(2)31-11-5-10-26-20(15-6-4-9-25-13-15)19(22(28)23(26)29)21(27)17-12-16(24)7-8-18(17)30-3/h4,6-9,12-14,20,27H,5,10-11H2,1-3H3/b21-19+. The summed E-state index contributed by atoms with van der Waals surface area (Å²) in [4.78, 5) is 31.3. The van der Waals surface area contributed by atoms with E-state index in [1.807, 2.05) is 13.8 Å². The third kappa shape index (κ3) is 4.74. The average molecular weight is 428 g/mol. The molecule has 7 nitrogen and oxygen atoms in total. The molecule has 8 heteroatoms. The number of carbonyl (C=O) groups is 2. The fourth-order valence-electron chi connectivity index (χ4n) is 3.56. The molecule has 164 valence electrons. The van der Waals surface area contributed by atoms with Gasteiger partial charge in [0.2, 0.25) is 0 Å². The molecule has 1 aliphatic heterocycles. The van der Waals surface area contributed by atoms with Crippen LogP contribution in [-0.4, -0.2) is 53.0 Å². The van der Waals surface area contributed by atoms with Crippen molar-refractivity contribution in [3.05, 3.63) is 65.2 Å². The van der Waals surface area contributed by atoms with Crippen LogP contribution in [-0.2, 0) is 14.3 Å². The lowest BCUT2D eigenvalue weighted by molar-refractivity contribution is -0.140. The number of aliphatic hydroxyl groups excluding tert-OH is 1. The number of nitrogens with zero attached hydrogens (tertiary/aromatic N) is 2. The maximum Gasteiger partial charge on any atom is 0.295 e. The fourth-order valence-corrected chi connectivity index (χ4v) is 3.56. The van der Waals surface area contributed by atoms with Crippen LogP contribution in [0.4, 0.5) is 4.39 Å². The van der Waals surface area contributed by atoms with Crippen molar-refractivity contribution in [3.8, 4) is 5.75 Å². The first-order valence-corrected chi connectivity index (χ1v) is 9.99. The number of likely N-dealkylation sites (tertiary alicyclic amines) is 1. The van der Waals surface area contributed by atoms with Crippen LogP contribution in [0.3, 0.4) is 0 Å². The number of benzene rings is 1. The van der Waals surface area contributed by atoms with E-state index in [2.05, 4.69) is 4.98 Å². The Morgan fingerprint density at radius 3 is 2.71 bits per heavy atom. The first-order valence-electron chi connectivity index (χ1n) is 9.99. The molecule has 1 unspecified atom stereocenters. The second-order valence-electron chi connectivity index (χ2n) is 7.40. The van der Waals surface area contributed by atoms with E-state index in [0.717, 1.165) is 6.07 Å². The van der Waals surface area contributed by atoms with Gasteiger partial charge in [0.1, 0.15) is 17.3 Å². The van der Waals surface area contributed by atoms with Crippen molar-refractivity contribution in [2.75, 3.05) is 20.3 Å². The highest BCUT2D eigenvalue weighted by Crippen LogP contribution is 2.40. The Balaban J connectivity index is 2.07. The van der Waals surface area contributed by atoms with Gasteiger partial charge in [-0.15, -0.1) is 0 Å². The zero-order valence-corrected chi connectivity index (χ0v) is 17.7. The molecule has 2 heterocycles. The Morgan fingerprint density at radius 1 is 1.29 bits per heavy atom. The highest BCUT2D eigenvalue weighted by molar-refractivity contribution is 6.46. The molecule has 0 spiro atoms. The molecule has 1 atom stereocenters. The van der Waals surface area contributed by atoms with Crippen LogP contribution < -0.4 is 4.74 Å². The number of hydrogen-bond acceptors (Lipinski definition) is 6. The van der Waals surface area contributed by atoms with Crippen molar-refractivity contribution in [1.29, 1.82) is 0 Å². The first kappa shape index (κ1) is 22.4. The van der Waals surface area contributed by atoms with E-state index in [1.165, 1.54) is 30.3 Å². The van der Waals surface area contributed by atoms with Gasteiger partial charge >= 0.3 is 0 Å². The normalized spacial score (nSPS) is 18.1. The number of Topliss-reactive ketones (excluding diaryl/α,β-unsaturated/α-hetero) is 1. The van der Waals surface area contributed by atoms with Gasteiger partial charge in [-0.2, -0.15) is 0 Å². The first-order chi connectivity index (χ1) is 14.8. The van der Waals surface area contributed by atoms with Crippen molar-refractivity contribution in [3.63, 3.8) is 0 Å². The van der Waals surface area contributed by atoms with Crippen molar-refractivity contribution in [1.82, 2.24) is 9.88 Å². The Labute approximate surface area is 180 Å². The second-order valence-corrected chi connectivity index (χ2v) is 7.40. The Morgan fingerprint density at radius 2 is 2.06 bits per heavy atom. The van der Waals surface area contributed by atoms with E-state index in [0.29, 0.717) is 18.6 Å². The van der Waals surface area contributed by atoms with Gasteiger partial charge in [-0.25, -0.2) is 4.39 Å². The molecule has 2 aromatic rings. The third-order valence-electron chi connectivity index (χ3n) is 4.95. The van der Waals surface area contributed by atoms with Crippen molar-refractivity contribution in [2.45, 2.75) is 32.4 Å². The Hall–Kier alpha value is -3.26. The van der Waals surface area contributed by atoms with E-state index in [-0.39, 0.29) is 29.5 Å². The topological polar surface area (TPSA) is 89.0 Å². The van der Waals surface area contributed by atoms with Crippen LogP contribution in [0.2, 0.25) is 0 Å². The number of pyridine rings is 1. The molecule has 1 N–H and O–H groups in total. The predicted molar refractivity (Wildman–Crippen MR) is 112 cm³/mol. The van der Waals surface area contributed by atoms with Crippen LogP contribution in [0.15, 0.2) is 48.3 Å². The SMILES string of the molecule is COc1ccc(F)cc1/C(O)=C1\C(=O)C(=O)N(CCCOC(C)C)C1c1cccnc1. The summed E-state index contributed by atoms with van der Waals surface area (Å²) < 4.78 is 24.6. The molecule has 31 heavy (non-hydrogen) atoms. The Bertz CT molecular complexity index is 991. The van der Waals surface area contributed by atoms with Gasteiger partial charge in [0.05, 0.1) is 30.4 Å². The minimum Gasteiger partial charge on any atom is -0.507 e. The van der Waals surface area contributed by atoms with Crippen molar-refractivity contribution in [2.24, 2.45) is 0 Å². The quantitative estimate of drug-likeness (QED) is 0.300. The molecule has 1 aromatic carbocycles. The van der Waals surface area contributed by atoms with Crippen LogP contribution in [0.25, 0.3) is 5.76 Å². The molecule has 1 amide bonds. The van der Waals surface area contributed by atoms with E-state index in [1.54, 1.807) is 18.3 Å². The van der Waals surface area contributed by atoms with E-state index >= 15 is 0 Å². The molecular formula is C23H25FN2O5. The summed E-state index contributed by atoms with van der Waals surface area (Å²) in [6, 6.07) is 6.14. The molecule has 0 saturated carbocycles. The monoisotopic (exact) mass is 428 g/mol. The minimum atomic E-state index is -0.860. The van der Waals surface area contributed by atoms with Crippen molar-refractivity contribution >= 4 is 17.4 Å². The number of methoxy groups -OCH3 is 1. The van der Waals surface area contributed by atoms with E-state index in [4.69, 9.17) is 9.47 Å². The third-order valence-corrected chi connectivity index (χ3v) is 4.95. The lowest BCUT2D eigenvalue weighted by Crippen LogP contribution is -2.31. The van der Waals surface area contributed by atoms with Crippen LogP contribution >= 0.6 is 0 Å². The summed E-state index contributed by atoms with van der Waals surface area (Å²) in [5.41, 5.74) is 0.424. The summed E-state index contributed by atoms with van der Waals surface area (Å²) in [6.07, 6.45) is 3.65. The van der Waals surface area contributed by atoms with Gasteiger partial charge < -0.3 is 19.5 Å². The zero-order chi connectivity index (χ0) is 22.5. The van der Waals surface area contributed by atoms with E-state index < -0.39 is 29.3 Å². The fraction of sp³-hybridized carbons (Fsp3) is 0.348. The van der Waals surface area contributed by atoms with Crippen molar-refractivity contribution < 1.29 is 28.6 Å². The lowest BCUT2D eigenvalue weighted by Gasteiger charge is -2.25. The number of carbonyl (C=O) groups excluding carboxylic acids is 2. The van der Waals surface area contributed by atoms with Crippen LogP contribution in [0.1, 0.15) is 37.4 Å². The summed E-state index contributed by atoms with van der Waals surface area (Å²) in [7, 11) is 1.37. The predicted octanol–water partition coefficient (Wildman–Crippen LogP) is 3.47. The van der Waals surface area contributed by atoms with Crippen LogP contribution in [0.5, 0.6) is 5.75 Å². The summed E-state index contributed by atoms with van der Waals surface area (Å²) in [5.74, 6) is -2.51. The van der Waals surface area contributed by atoms with E-state index in [9.17, 15) is 19.1 Å². The molecule has 1 saturated heterocycles. The smallest absolute Gasteiger partial charge is 0.295 e. The number of ether oxygens (including phenoxy) is 2. The van der Waals surface area contributed by atoms with Gasteiger partial charge in [0.25, 0.3) is 11.7 Å². The number of ketones is 1. The minimum absolute atomic E-state index is 0.00229. The van der Waals surface area contributed by atoms with Gasteiger partial charge in [-0.3, -0.25) is 14.6 Å². The largest absolute Gasteiger partial charge is 0.507 e. The molecule has 0 radical (unpaired) electrons. The number of amides is 1. The summed E-state index contributed by atoms with van der Waals surface area (Å²) in [6.45, 7) is 4.48. The molecule has 0 aliphatic carbocycles. The molecular weight excluding hydrogens is 403 g/mol. The number of aliphatic hydroxyl groups is 1. The van der Waals surface area contributed by atoms with Gasteiger partial charge in [-0.1, -0.05) is 6.07 Å². The maximum atomic E-state index is 13.9. The van der Waals surface area contributed by atoms with Gasteiger partial charge in [-0.05, 0) is 50.1 Å². The maximum absolute atomic E-state index is 13.9. The van der Waals surface area contributed by atoms with Gasteiger partial charge in [0.15, 0.2) is 0 Å². The molecule has 0 bridgehead atoms. The Kier molecular flexibility index (Phi) is 7.02. The average Bonchev–Trinajstić information content (AvgIpc) is 3.01. The number of halogens is 1. The highest BCUT2D eigenvalue weighted by Gasteiger charge is 2.46. The summed E-state index contributed by atoms with van der Waals surface area (Å²) in [5, 5.41) is 11.0. The number of aromatic nitrogens is 1. The molecule has 1 fully saturated rings. The number of hydrogen-bond donors (Lipinski definition) is 1. The molecule has 1 aliphatic rings. The summed E-state index contributed by atoms with van der Waals surface area (Å²) >= 11 is 0. The van der Waals surface area contributed by atoms with Crippen LogP contribution in [0, 0.1) is 5.82 Å². The van der Waals surface area contributed by atoms with Gasteiger partial charge in [0, 0.05) is 25.5 Å². The highest BCUT2D eigenvalue weighted by atomic mass is 19.1. The zero-order valence-electron chi connectivity index (χ0n) is 17.7. The number of rotatable bonds is 8. The second kappa shape index (κ2) is 9.70.